The number of morpholine rings is 1. The highest BCUT2D eigenvalue weighted by Gasteiger charge is 2.25. The summed E-state index contributed by atoms with van der Waals surface area (Å²) >= 11 is 0. The predicted octanol–water partition coefficient (Wildman–Crippen LogP) is 3.21. The summed E-state index contributed by atoms with van der Waals surface area (Å²) < 4.78 is 5.81. The Bertz CT molecular complexity index is 624. The van der Waals surface area contributed by atoms with E-state index in [9.17, 15) is 4.79 Å². The van der Waals surface area contributed by atoms with Crippen LogP contribution in [0.2, 0.25) is 0 Å². The molecule has 1 saturated heterocycles. The molecule has 0 radical (unpaired) electrons. The lowest BCUT2D eigenvalue weighted by atomic mass is 10.1. The Balaban J connectivity index is 1.75. The summed E-state index contributed by atoms with van der Waals surface area (Å²) in [6, 6.07) is 17.8. The van der Waals surface area contributed by atoms with Gasteiger partial charge in [-0.05, 0) is 24.6 Å². The van der Waals surface area contributed by atoms with Crippen LogP contribution in [0.1, 0.15) is 27.6 Å². The molecule has 0 aromatic heterocycles. The number of benzene rings is 2. The standard InChI is InChI=1S/C18H19NO2/c1-14-6-5-9-16(12-14)18(20)19-10-11-21-17(13-19)15-7-3-2-4-8-15/h2-9,12,17H,10-11,13H2,1H3/t17-/m0/s1. The molecule has 0 aliphatic carbocycles. The maximum Gasteiger partial charge on any atom is 0.254 e. The fraction of sp³-hybridized carbons (Fsp3) is 0.278. The highest BCUT2D eigenvalue weighted by molar-refractivity contribution is 5.94. The average Bonchev–Trinajstić information content (AvgIpc) is 2.55. The summed E-state index contributed by atoms with van der Waals surface area (Å²) in [5.74, 6) is 0.0860. The molecule has 2 aromatic carbocycles. The van der Waals surface area contributed by atoms with Crippen molar-refractivity contribution in [2.45, 2.75) is 13.0 Å². The van der Waals surface area contributed by atoms with Crippen molar-refractivity contribution in [1.82, 2.24) is 4.90 Å². The van der Waals surface area contributed by atoms with Gasteiger partial charge in [0, 0.05) is 12.1 Å². The number of hydrogen-bond donors (Lipinski definition) is 0. The molecule has 3 heteroatoms. The lowest BCUT2D eigenvalue weighted by molar-refractivity contribution is -0.0228. The topological polar surface area (TPSA) is 29.5 Å². The summed E-state index contributed by atoms with van der Waals surface area (Å²) in [5, 5.41) is 0. The van der Waals surface area contributed by atoms with Crippen LogP contribution in [-0.2, 0) is 4.74 Å². The van der Waals surface area contributed by atoms with Gasteiger partial charge >= 0.3 is 0 Å². The van der Waals surface area contributed by atoms with E-state index in [1.807, 2.05) is 66.4 Å². The van der Waals surface area contributed by atoms with Crippen LogP contribution < -0.4 is 0 Å². The first-order chi connectivity index (χ1) is 10.2. The third-order valence-electron chi connectivity index (χ3n) is 3.79. The van der Waals surface area contributed by atoms with Gasteiger partial charge < -0.3 is 9.64 Å². The van der Waals surface area contributed by atoms with E-state index in [0.29, 0.717) is 19.7 Å². The molecule has 0 spiro atoms. The number of rotatable bonds is 2. The Morgan fingerprint density at radius 2 is 1.95 bits per heavy atom. The molecule has 1 fully saturated rings. The highest BCUT2D eigenvalue weighted by atomic mass is 16.5. The molecule has 1 aliphatic heterocycles. The van der Waals surface area contributed by atoms with Crippen molar-refractivity contribution in [2.24, 2.45) is 0 Å². The monoisotopic (exact) mass is 281 g/mol. The third-order valence-corrected chi connectivity index (χ3v) is 3.79. The maximum atomic E-state index is 12.6. The van der Waals surface area contributed by atoms with Crippen molar-refractivity contribution >= 4 is 5.91 Å². The average molecular weight is 281 g/mol. The van der Waals surface area contributed by atoms with Crippen LogP contribution in [0.25, 0.3) is 0 Å². The minimum Gasteiger partial charge on any atom is -0.370 e. The number of nitrogens with zero attached hydrogens (tertiary/aromatic N) is 1. The molecule has 0 saturated carbocycles. The van der Waals surface area contributed by atoms with Crippen LogP contribution in [0.3, 0.4) is 0 Å². The van der Waals surface area contributed by atoms with Gasteiger partial charge in [0.15, 0.2) is 0 Å². The number of carbonyl (C=O) groups is 1. The number of ether oxygens (including phenoxy) is 1. The quantitative estimate of drug-likeness (QED) is 0.846. The van der Waals surface area contributed by atoms with Crippen molar-refractivity contribution in [3.63, 3.8) is 0 Å². The first kappa shape index (κ1) is 13.8. The molecule has 21 heavy (non-hydrogen) atoms. The zero-order valence-corrected chi connectivity index (χ0v) is 12.2. The van der Waals surface area contributed by atoms with Crippen molar-refractivity contribution < 1.29 is 9.53 Å². The minimum atomic E-state index is -0.0336. The normalized spacial score (nSPS) is 18.5. The molecule has 2 aromatic rings. The Morgan fingerprint density at radius 3 is 2.71 bits per heavy atom. The van der Waals surface area contributed by atoms with Crippen molar-refractivity contribution in [1.29, 1.82) is 0 Å². The zero-order valence-electron chi connectivity index (χ0n) is 12.2. The highest BCUT2D eigenvalue weighted by Crippen LogP contribution is 2.23. The molecule has 0 unspecified atom stereocenters. The van der Waals surface area contributed by atoms with Crippen LogP contribution in [-0.4, -0.2) is 30.5 Å². The van der Waals surface area contributed by atoms with Gasteiger partial charge in [0.05, 0.1) is 13.2 Å². The second-order valence-corrected chi connectivity index (χ2v) is 5.39. The van der Waals surface area contributed by atoms with Gasteiger partial charge in [0.1, 0.15) is 6.10 Å². The smallest absolute Gasteiger partial charge is 0.254 e. The van der Waals surface area contributed by atoms with E-state index in [0.717, 1.165) is 16.7 Å². The molecular formula is C18H19NO2. The van der Waals surface area contributed by atoms with E-state index in [4.69, 9.17) is 4.74 Å². The molecule has 1 heterocycles. The second kappa shape index (κ2) is 6.10. The van der Waals surface area contributed by atoms with Gasteiger partial charge in [-0.2, -0.15) is 0 Å². The summed E-state index contributed by atoms with van der Waals surface area (Å²) in [7, 11) is 0. The van der Waals surface area contributed by atoms with Crippen molar-refractivity contribution in [3.05, 3.63) is 71.3 Å². The number of amides is 1. The molecule has 3 nitrogen and oxygen atoms in total. The molecule has 1 aliphatic rings. The first-order valence-corrected chi connectivity index (χ1v) is 7.26. The van der Waals surface area contributed by atoms with Crippen LogP contribution in [0.15, 0.2) is 54.6 Å². The molecule has 108 valence electrons. The SMILES string of the molecule is Cc1cccc(C(=O)N2CCO[C@H](c3ccccc3)C2)c1. The number of aryl methyl sites for hydroxylation is 1. The molecule has 1 amide bonds. The van der Waals surface area contributed by atoms with E-state index < -0.39 is 0 Å². The molecule has 3 rings (SSSR count). The molecule has 1 atom stereocenters. The van der Waals surface area contributed by atoms with Crippen molar-refractivity contribution in [2.75, 3.05) is 19.7 Å². The van der Waals surface area contributed by atoms with Crippen LogP contribution in [0, 0.1) is 6.92 Å². The Kier molecular flexibility index (Phi) is 4.02. The Labute approximate surface area is 125 Å². The predicted molar refractivity (Wildman–Crippen MR) is 82.2 cm³/mol. The fourth-order valence-corrected chi connectivity index (χ4v) is 2.66. The fourth-order valence-electron chi connectivity index (χ4n) is 2.66. The van der Waals surface area contributed by atoms with E-state index in [1.165, 1.54) is 0 Å². The van der Waals surface area contributed by atoms with Crippen molar-refractivity contribution in [3.8, 4) is 0 Å². The summed E-state index contributed by atoms with van der Waals surface area (Å²) in [4.78, 5) is 14.5. The number of carbonyl (C=O) groups excluding carboxylic acids is 1. The van der Waals surface area contributed by atoms with E-state index in [1.54, 1.807) is 0 Å². The summed E-state index contributed by atoms with van der Waals surface area (Å²) in [5.41, 5.74) is 2.98. The lowest BCUT2D eigenvalue weighted by Crippen LogP contribution is -2.42. The van der Waals surface area contributed by atoms with E-state index in [-0.39, 0.29) is 12.0 Å². The van der Waals surface area contributed by atoms with E-state index >= 15 is 0 Å². The van der Waals surface area contributed by atoms with Gasteiger partial charge in [-0.15, -0.1) is 0 Å². The van der Waals surface area contributed by atoms with Crippen LogP contribution in [0.4, 0.5) is 0 Å². The number of hydrogen-bond acceptors (Lipinski definition) is 2. The van der Waals surface area contributed by atoms with Gasteiger partial charge in [0.25, 0.3) is 5.91 Å². The minimum absolute atomic E-state index is 0.0336. The molecule has 0 bridgehead atoms. The molecular weight excluding hydrogens is 262 g/mol. The first-order valence-electron chi connectivity index (χ1n) is 7.26. The van der Waals surface area contributed by atoms with Gasteiger partial charge in [-0.25, -0.2) is 0 Å². The summed E-state index contributed by atoms with van der Waals surface area (Å²) in [6.07, 6.45) is -0.0336. The van der Waals surface area contributed by atoms with Gasteiger partial charge in [-0.3, -0.25) is 4.79 Å². The van der Waals surface area contributed by atoms with Crippen LogP contribution in [0.5, 0.6) is 0 Å². The van der Waals surface area contributed by atoms with Crippen LogP contribution >= 0.6 is 0 Å². The van der Waals surface area contributed by atoms with Gasteiger partial charge in [-0.1, -0.05) is 48.0 Å². The Morgan fingerprint density at radius 1 is 1.14 bits per heavy atom. The summed E-state index contributed by atoms with van der Waals surface area (Å²) in [6.45, 7) is 3.84. The Hall–Kier alpha value is -2.13. The largest absolute Gasteiger partial charge is 0.370 e. The maximum absolute atomic E-state index is 12.6. The lowest BCUT2D eigenvalue weighted by Gasteiger charge is -2.33. The second-order valence-electron chi connectivity index (χ2n) is 5.39. The van der Waals surface area contributed by atoms with Gasteiger partial charge in [0.2, 0.25) is 0 Å². The third kappa shape index (κ3) is 3.14. The van der Waals surface area contributed by atoms with E-state index in [2.05, 4.69) is 0 Å². The zero-order chi connectivity index (χ0) is 14.7. The molecule has 0 N–H and O–H groups in total.